The van der Waals surface area contributed by atoms with Crippen molar-refractivity contribution in [2.45, 2.75) is 32.9 Å². The van der Waals surface area contributed by atoms with E-state index in [4.69, 9.17) is 13.8 Å². The van der Waals surface area contributed by atoms with E-state index in [2.05, 4.69) is 0 Å². The molecule has 0 amide bonds. The first-order chi connectivity index (χ1) is 8.53. The highest BCUT2D eigenvalue weighted by Crippen LogP contribution is 2.61. The highest BCUT2D eigenvalue weighted by atomic mass is 31.2. The average molecular weight is 274 g/mol. The molecule has 1 aliphatic carbocycles. The molecule has 102 valence electrons. The minimum absolute atomic E-state index is 0.0525. The summed E-state index contributed by atoms with van der Waals surface area (Å²) in [5, 5.41) is 0. The van der Waals surface area contributed by atoms with Crippen LogP contribution >= 0.6 is 7.60 Å². The maximum atomic E-state index is 12.8. The van der Waals surface area contributed by atoms with Crippen LogP contribution in [0, 0.1) is 5.92 Å². The molecule has 0 aromatic heterocycles. The lowest BCUT2D eigenvalue weighted by molar-refractivity contribution is -0.117. The molecule has 5 nitrogen and oxygen atoms in total. The Balaban J connectivity index is 2.37. The summed E-state index contributed by atoms with van der Waals surface area (Å²) in [7, 11) is -3.42. The van der Waals surface area contributed by atoms with E-state index in [0.29, 0.717) is 18.8 Å². The number of ketones is 1. The van der Waals surface area contributed by atoms with Crippen molar-refractivity contribution in [1.29, 1.82) is 0 Å². The van der Waals surface area contributed by atoms with Gasteiger partial charge in [0.05, 0.1) is 25.6 Å². The number of carbonyl (C=O) groups excluding carboxylic acids is 1. The maximum absolute atomic E-state index is 12.8. The number of ether oxygens (including phenoxy) is 1. The van der Waals surface area contributed by atoms with Crippen molar-refractivity contribution in [3.05, 3.63) is 11.3 Å². The van der Waals surface area contributed by atoms with Crippen LogP contribution in [-0.2, 0) is 23.1 Å². The van der Waals surface area contributed by atoms with Crippen LogP contribution in [0.2, 0.25) is 0 Å². The van der Waals surface area contributed by atoms with Crippen LogP contribution in [0.1, 0.15) is 27.2 Å². The van der Waals surface area contributed by atoms with Crippen LogP contribution in [0.5, 0.6) is 0 Å². The average Bonchev–Trinajstić information content (AvgIpc) is 2.79. The number of hydrogen-bond acceptors (Lipinski definition) is 5. The summed E-state index contributed by atoms with van der Waals surface area (Å²) < 4.78 is 28.8. The van der Waals surface area contributed by atoms with Crippen LogP contribution in [0.25, 0.3) is 0 Å². The third kappa shape index (κ3) is 2.15. The number of Topliss-reactive ketones (excluding diaryl/α,β-unsaturated/α-hetero) is 1. The molecule has 0 aromatic carbocycles. The first-order valence-corrected chi connectivity index (χ1v) is 7.89. The molecule has 1 heterocycles. The van der Waals surface area contributed by atoms with Gasteiger partial charge in [-0.25, -0.2) is 0 Å². The third-order valence-corrected chi connectivity index (χ3v) is 5.76. The molecule has 6 heteroatoms. The molecule has 2 aliphatic rings. The standard InChI is InChI=1S/C12H19O5P/c1-4-16-18(14,17-5-2)12-10(13)6-9-7-15-8(3)11(9)12/h9,12H,4-7H2,1-3H3. The Morgan fingerprint density at radius 3 is 2.50 bits per heavy atom. The summed E-state index contributed by atoms with van der Waals surface area (Å²) in [5.41, 5.74) is 0.0649. The highest BCUT2D eigenvalue weighted by Gasteiger charge is 2.53. The van der Waals surface area contributed by atoms with Crippen LogP contribution in [0.3, 0.4) is 0 Å². The Kier molecular flexibility index (Phi) is 3.95. The zero-order valence-electron chi connectivity index (χ0n) is 11.0. The van der Waals surface area contributed by atoms with Gasteiger partial charge < -0.3 is 13.8 Å². The quantitative estimate of drug-likeness (QED) is 0.721. The molecular formula is C12H19O5P. The molecule has 18 heavy (non-hydrogen) atoms. The lowest BCUT2D eigenvalue weighted by atomic mass is 10.1. The van der Waals surface area contributed by atoms with Gasteiger partial charge in [0.2, 0.25) is 0 Å². The second-order valence-electron chi connectivity index (χ2n) is 4.47. The van der Waals surface area contributed by atoms with E-state index in [1.165, 1.54) is 0 Å². The van der Waals surface area contributed by atoms with E-state index in [-0.39, 0.29) is 24.9 Å². The zero-order valence-corrected chi connectivity index (χ0v) is 11.9. The van der Waals surface area contributed by atoms with E-state index in [1.807, 2.05) is 6.92 Å². The smallest absolute Gasteiger partial charge is 0.345 e. The highest BCUT2D eigenvalue weighted by molar-refractivity contribution is 7.56. The molecule has 0 N–H and O–H groups in total. The minimum Gasteiger partial charge on any atom is -0.498 e. The molecule has 1 saturated carbocycles. The summed E-state index contributed by atoms with van der Waals surface area (Å²) in [6.45, 7) is 6.33. The van der Waals surface area contributed by atoms with Gasteiger partial charge in [-0.1, -0.05) is 0 Å². The Morgan fingerprint density at radius 1 is 1.33 bits per heavy atom. The molecule has 0 radical (unpaired) electrons. The van der Waals surface area contributed by atoms with Gasteiger partial charge in [0.15, 0.2) is 5.78 Å². The molecule has 2 rings (SSSR count). The summed E-state index contributed by atoms with van der Waals surface area (Å²) in [6.07, 6.45) is 0.376. The number of rotatable bonds is 5. The van der Waals surface area contributed by atoms with Crippen LogP contribution in [0.4, 0.5) is 0 Å². The van der Waals surface area contributed by atoms with E-state index in [9.17, 15) is 9.36 Å². The van der Waals surface area contributed by atoms with E-state index >= 15 is 0 Å². The molecule has 0 bridgehead atoms. The second-order valence-corrected chi connectivity index (χ2v) is 6.58. The zero-order chi connectivity index (χ0) is 13.3. The molecule has 2 atom stereocenters. The van der Waals surface area contributed by atoms with Gasteiger partial charge in [-0.2, -0.15) is 0 Å². The number of carbonyl (C=O) groups is 1. The van der Waals surface area contributed by atoms with Crippen molar-refractivity contribution in [3.8, 4) is 0 Å². The van der Waals surface area contributed by atoms with E-state index in [1.54, 1.807) is 13.8 Å². The Morgan fingerprint density at radius 2 is 1.94 bits per heavy atom. The summed E-state index contributed by atoms with van der Waals surface area (Å²) in [4.78, 5) is 12.1. The topological polar surface area (TPSA) is 61.8 Å². The molecule has 0 spiro atoms. The van der Waals surface area contributed by atoms with Crippen molar-refractivity contribution < 1.29 is 23.1 Å². The molecule has 1 aliphatic heterocycles. The predicted molar refractivity (Wildman–Crippen MR) is 66.4 cm³/mol. The fraction of sp³-hybridized carbons (Fsp3) is 0.750. The lowest BCUT2D eigenvalue weighted by Crippen LogP contribution is -2.20. The van der Waals surface area contributed by atoms with Crippen molar-refractivity contribution in [2.24, 2.45) is 5.92 Å². The predicted octanol–water partition coefficient (Wildman–Crippen LogP) is 2.51. The largest absolute Gasteiger partial charge is 0.498 e. The second kappa shape index (κ2) is 5.16. The Hall–Kier alpha value is -0.640. The van der Waals surface area contributed by atoms with Crippen molar-refractivity contribution in [3.63, 3.8) is 0 Å². The number of allylic oxidation sites excluding steroid dienone is 1. The SMILES string of the molecule is CCOP(=O)(OCC)C1C(=O)CC2COC(C)=C21. The first-order valence-electron chi connectivity index (χ1n) is 6.28. The lowest BCUT2D eigenvalue weighted by Gasteiger charge is -2.23. The van der Waals surface area contributed by atoms with Gasteiger partial charge in [-0.05, 0) is 26.3 Å². The fourth-order valence-electron chi connectivity index (χ4n) is 2.69. The van der Waals surface area contributed by atoms with Gasteiger partial charge in [0.25, 0.3) is 0 Å². The molecule has 0 aromatic rings. The summed E-state index contributed by atoms with van der Waals surface area (Å²) in [5.74, 6) is 0.704. The van der Waals surface area contributed by atoms with Gasteiger partial charge in [0.1, 0.15) is 5.66 Å². The van der Waals surface area contributed by atoms with Gasteiger partial charge in [-0.3, -0.25) is 9.36 Å². The van der Waals surface area contributed by atoms with Gasteiger partial charge >= 0.3 is 7.60 Å². The number of hydrogen-bond donors (Lipinski definition) is 0. The van der Waals surface area contributed by atoms with Crippen molar-refractivity contribution in [2.75, 3.05) is 19.8 Å². The maximum Gasteiger partial charge on any atom is 0.345 e. The molecular weight excluding hydrogens is 255 g/mol. The summed E-state index contributed by atoms with van der Waals surface area (Å²) >= 11 is 0. The monoisotopic (exact) mass is 274 g/mol. The van der Waals surface area contributed by atoms with Crippen LogP contribution < -0.4 is 0 Å². The summed E-state index contributed by atoms with van der Waals surface area (Å²) in [6, 6.07) is 0. The normalized spacial score (nSPS) is 27.6. The molecule has 1 fully saturated rings. The van der Waals surface area contributed by atoms with E-state index in [0.717, 1.165) is 5.57 Å². The fourth-order valence-corrected chi connectivity index (χ4v) is 4.98. The third-order valence-electron chi connectivity index (χ3n) is 3.33. The Labute approximate surface area is 107 Å². The number of fused-ring (bicyclic) bond motifs is 1. The van der Waals surface area contributed by atoms with Crippen LogP contribution in [0.15, 0.2) is 11.3 Å². The molecule has 0 saturated heterocycles. The van der Waals surface area contributed by atoms with Gasteiger partial charge in [0, 0.05) is 12.3 Å². The Bertz CT molecular complexity index is 418. The van der Waals surface area contributed by atoms with Crippen molar-refractivity contribution in [1.82, 2.24) is 0 Å². The molecule has 2 unspecified atom stereocenters. The van der Waals surface area contributed by atoms with Crippen molar-refractivity contribution >= 4 is 13.4 Å². The first kappa shape index (κ1) is 13.8. The van der Waals surface area contributed by atoms with E-state index < -0.39 is 13.3 Å². The van der Waals surface area contributed by atoms with Crippen LogP contribution in [-0.4, -0.2) is 31.3 Å². The van der Waals surface area contributed by atoms with Gasteiger partial charge in [-0.15, -0.1) is 0 Å². The minimum atomic E-state index is -3.42.